The summed E-state index contributed by atoms with van der Waals surface area (Å²) in [5.41, 5.74) is 0.900. The minimum atomic E-state index is -4.10. The SMILES string of the molecule is NS(=O)(=O)n1ccc(C2=CCNCC2)c1C(=O)O. The second-order valence-electron chi connectivity index (χ2n) is 3.91. The largest absolute Gasteiger partial charge is 0.477 e. The lowest BCUT2D eigenvalue weighted by molar-refractivity contribution is 0.0689. The molecule has 0 unspecified atom stereocenters. The molecule has 0 aliphatic carbocycles. The van der Waals surface area contributed by atoms with Gasteiger partial charge in [-0.15, -0.1) is 0 Å². The van der Waals surface area contributed by atoms with E-state index in [0.29, 0.717) is 22.5 Å². The Kier molecular flexibility index (Phi) is 3.24. The zero-order valence-corrected chi connectivity index (χ0v) is 10.3. The number of hydrogen-bond donors (Lipinski definition) is 3. The summed E-state index contributed by atoms with van der Waals surface area (Å²) in [5.74, 6) is -1.32. The molecule has 1 aromatic rings. The van der Waals surface area contributed by atoms with Crippen molar-refractivity contribution in [2.24, 2.45) is 5.14 Å². The summed E-state index contributed by atoms with van der Waals surface area (Å²) in [6.45, 7) is 1.36. The molecule has 2 heterocycles. The van der Waals surface area contributed by atoms with E-state index >= 15 is 0 Å². The van der Waals surface area contributed by atoms with Gasteiger partial charge in [0.1, 0.15) is 5.69 Å². The van der Waals surface area contributed by atoms with Crippen LogP contribution in [0.4, 0.5) is 0 Å². The highest BCUT2D eigenvalue weighted by molar-refractivity contribution is 7.87. The Balaban J connectivity index is 2.59. The molecule has 1 aliphatic rings. The molecule has 0 amide bonds. The third-order valence-electron chi connectivity index (χ3n) is 2.74. The molecule has 0 aromatic carbocycles. The second kappa shape index (κ2) is 4.56. The van der Waals surface area contributed by atoms with E-state index in [1.54, 1.807) is 0 Å². The molecule has 0 radical (unpaired) electrons. The van der Waals surface area contributed by atoms with E-state index in [1.165, 1.54) is 6.07 Å². The third-order valence-corrected chi connectivity index (χ3v) is 3.59. The van der Waals surface area contributed by atoms with Gasteiger partial charge in [0, 0.05) is 18.3 Å². The second-order valence-corrected chi connectivity index (χ2v) is 5.33. The van der Waals surface area contributed by atoms with Gasteiger partial charge in [-0.1, -0.05) is 6.08 Å². The van der Waals surface area contributed by atoms with Gasteiger partial charge in [0.05, 0.1) is 0 Å². The highest BCUT2D eigenvalue weighted by Gasteiger charge is 2.24. The van der Waals surface area contributed by atoms with Crippen LogP contribution >= 0.6 is 0 Å². The molecule has 7 nitrogen and oxygen atoms in total. The predicted molar refractivity (Wildman–Crippen MR) is 65.4 cm³/mol. The number of nitrogens with zero attached hydrogens (tertiary/aromatic N) is 1. The Morgan fingerprint density at radius 1 is 1.50 bits per heavy atom. The van der Waals surface area contributed by atoms with E-state index in [9.17, 15) is 13.2 Å². The minimum Gasteiger partial charge on any atom is -0.477 e. The van der Waals surface area contributed by atoms with Gasteiger partial charge < -0.3 is 10.4 Å². The number of hydrogen-bond acceptors (Lipinski definition) is 4. The molecule has 4 N–H and O–H groups in total. The fraction of sp³-hybridized carbons (Fsp3) is 0.300. The first-order valence-corrected chi connectivity index (χ1v) is 6.79. The summed E-state index contributed by atoms with van der Waals surface area (Å²) < 4.78 is 23.2. The fourth-order valence-corrected chi connectivity index (χ4v) is 2.62. The number of nitrogens with one attached hydrogen (secondary N) is 1. The molecule has 98 valence electrons. The monoisotopic (exact) mass is 271 g/mol. The highest BCUT2D eigenvalue weighted by atomic mass is 32.2. The van der Waals surface area contributed by atoms with Crippen LogP contribution < -0.4 is 10.5 Å². The third kappa shape index (κ3) is 2.30. The summed E-state index contributed by atoms with van der Waals surface area (Å²) in [6, 6.07) is 1.46. The maximum Gasteiger partial charge on any atom is 0.354 e. The molecule has 0 bridgehead atoms. The Bertz CT molecular complexity index is 615. The smallest absolute Gasteiger partial charge is 0.354 e. The minimum absolute atomic E-state index is 0.314. The molecule has 0 atom stereocenters. The van der Waals surface area contributed by atoms with Gasteiger partial charge in [-0.05, 0) is 24.6 Å². The van der Waals surface area contributed by atoms with E-state index in [0.717, 1.165) is 18.3 Å². The Morgan fingerprint density at radius 2 is 2.22 bits per heavy atom. The van der Waals surface area contributed by atoms with Crippen molar-refractivity contribution in [3.63, 3.8) is 0 Å². The lowest BCUT2D eigenvalue weighted by Crippen LogP contribution is -2.25. The van der Waals surface area contributed by atoms with Gasteiger partial charge in [-0.3, -0.25) is 0 Å². The van der Waals surface area contributed by atoms with Crippen LogP contribution in [0.1, 0.15) is 22.5 Å². The molecule has 0 spiro atoms. The average Bonchev–Trinajstić information content (AvgIpc) is 2.74. The van der Waals surface area contributed by atoms with E-state index in [-0.39, 0.29) is 5.69 Å². The van der Waals surface area contributed by atoms with Crippen LogP contribution in [-0.2, 0) is 10.2 Å². The number of carboxylic acids is 1. The van der Waals surface area contributed by atoms with Gasteiger partial charge in [-0.25, -0.2) is 13.9 Å². The zero-order valence-electron chi connectivity index (χ0n) is 9.46. The van der Waals surface area contributed by atoms with Crippen molar-refractivity contribution in [2.75, 3.05) is 13.1 Å². The fourth-order valence-electron chi connectivity index (χ4n) is 1.96. The first kappa shape index (κ1) is 12.8. The summed E-state index contributed by atoms with van der Waals surface area (Å²) >= 11 is 0. The maximum absolute atomic E-state index is 11.3. The predicted octanol–water partition coefficient (Wildman–Crippen LogP) is -0.385. The van der Waals surface area contributed by atoms with Crippen molar-refractivity contribution in [1.29, 1.82) is 0 Å². The molecule has 0 saturated carbocycles. The molecule has 2 rings (SSSR count). The Hall–Kier alpha value is -1.64. The lowest BCUT2D eigenvalue weighted by Gasteiger charge is -2.14. The normalized spacial score (nSPS) is 16.4. The Morgan fingerprint density at radius 3 is 2.72 bits per heavy atom. The van der Waals surface area contributed by atoms with Gasteiger partial charge in [0.25, 0.3) is 0 Å². The Labute approximate surface area is 104 Å². The number of aromatic carboxylic acids is 1. The number of carboxylic acid groups (broad SMARTS) is 1. The summed E-state index contributed by atoms with van der Waals surface area (Å²) in [5, 5.41) is 17.2. The molecule has 1 aliphatic heterocycles. The van der Waals surface area contributed by atoms with Crippen LogP contribution in [0.5, 0.6) is 0 Å². The average molecular weight is 271 g/mol. The van der Waals surface area contributed by atoms with Gasteiger partial charge >= 0.3 is 16.2 Å². The first-order chi connectivity index (χ1) is 8.41. The summed E-state index contributed by atoms with van der Waals surface area (Å²) in [4.78, 5) is 11.2. The number of rotatable bonds is 3. The van der Waals surface area contributed by atoms with Gasteiger partial charge in [0.2, 0.25) is 0 Å². The standard InChI is InChI=1S/C10H13N3O4S/c11-18(16,17)13-6-3-8(9(13)10(14)15)7-1-4-12-5-2-7/h1,3,6,12H,2,4-5H2,(H,14,15)(H2,11,16,17). The molecule has 18 heavy (non-hydrogen) atoms. The van der Waals surface area contributed by atoms with Crippen molar-refractivity contribution in [3.8, 4) is 0 Å². The lowest BCUT2D eigenvalue weighted by atomic mass is 10.0. The molecule has 1 aromatic heterocycles. The number of aromatic nitrogens is 1. The van der Waals surface area contributed by atoms with Gasteiger partial charge in [0.15, 0.2) is 0 Å². The molecule has 0 saturated heterocycles. The van der Waals surface area contributed by atoms with Crippen molar-refractivity contribution >= 4 is 21.8 Å². The highest BCUT2D eigenvalue weighted by Crippen LogP contribution is 2.25. The van der Waals surface area contributed by atoms with Crippen molar-refractivity contribution in [2.45, 2.75) is 6.42 Å². The topological polar surface area (TPSA) is 114 Å². The van der Waals surface area contributed by atoms with Crippen LogP contribution in [0.3, 0.4) is 0 Å². The van der Waals surface area contributed by atoms with Crippen LogP contribution in [0.2, 0.25) is 0 Å². The summed E-state index contributed by atoms with van der Waals surface area (Å²) in [7, 11) is -4.10. The quantitative estimate of drug-likeness (QED) is 0.693. The van der Waals surface area contributed by atoms with E-state index < -0.39 is 16.2 Å². The molecular weight excluding hydrogens is 258 g/mol. The van der Waals surface area contributed by atoms with Crippen LogP contribution in [0, 0.1) is 0 Å². The summed E-state index contributed by atoms with van der Waals surface area (Å²) in [6.07, 6.45) is 3.66. The zero-order chi connectivity index (χ0) is 13.3. The first-order valence-electron chi connectivity index (χ1n) is 5.29. The number of carbonyl (C=O) groups is 1. The number of nitrogens with two attached hydrogens (primary N) is 1. The van der Waals surface area contributed by atoms with Crippen molar-refractivity contribution < 1.29 is 18.3 Å². The van der Waals surface area contributed by atoms with Crippen LogP contribution in [0.15, 0.2) is 18.3 Å². The van der Waals surface area contributed by atoms with E-state index in [1.807, 2.05) is 6.08 Å². The van der Waals surface area contributed by atoms with E-state index in [2.05, 4.69) is 5.32 Å². The van der Waals surface area contributed by atoms with Crippen LogP contribution in [-0.4, -0.2) is 36.6 Å². The van der Waals surface area contributed by atoms with Crippen molar-refractivity contribution in [3.05, 3.63) is 29.6 Å². The maximum atomic E-state index is 11.3. The molecular formula is C10H13N3O4S. The van der Waals surface area contributed by atoms with Gasteiger partial charge in [-0.2, -0.15) is 8.42 Å². The van der Waals surface area contributed by atoms with Crippen LogP contribution in [0.25, 0.3) is 5.57 Å². The van der Waals surface area contributed by atoms with Crippen molar-refractivity contribution in [1.82, 2.24) is 9.29 Å². The molecule has 8 heteroatoms. The molecule has 0 fully saturated rings. The van der Waals surface area contributed by atoms with E-state index in [4.69, 9.17) is 10.2 Å².